The van der Waals surface area contributed by atoms with Gasteiger partial charge in [-0.1, -0.05) is 43.2 Å². The van der Waals surface area contributed by atoms with E-state index in [-0.39, 0.29) is 29.8 Å². The van der Waals surface area contributed by atoms with Gasteiger partial charge in [0.05, 0.1) is 11.6 Å². The molecule has 0 saturated heterocycles. The van der Waals surface area contributed by atoms with Crippen LogP contribution in [0.5, 0.6) is 0 Å². The summed E-state index contributed by atoms with van der Waals surface area (Å²) in [6, 6.07) is 12.9. The van der Waals surface area contributed by atoms with Crippen LogP contribution in [0.4, 0.5) is 4.39 Å². The number of rotatable bonds is 7. The van der Waals surface area contributed by atoms with Crippen LogP contribution in [0.3, 0.4) is 0 Å². The zero-order valence-corrected chi connectivity index (χ0v) is 15.2. The van der Waals surface area contributed by atoms with Gasteiger partial charge in [-0.15, -0.1) is 0 Å². The van der Waals surface area contributed by atoms with Gasteiger partial charge in [0, 0.05) is 6.42 Å². The quantitative estimate of drug-likeness (QED) is 0.755. The van der Waals surface area contributed by atoms with Crippen LogP contribution in [-0.4, -0.2) is 17.0 Å². The summed E-state index contributed by atoms with van der Waals surface area (Å²) in [5.41, 5.74) is 1.80. The second kappa shape index (κ2) is 8.80. The molecule has 27 heavy (non-hydrogen) atoms. The van der Waals surface area contributed by atoms with Gasteiger partial charge >= 0.3 is 5.97 Å². The lowest BCUT2D eigenvalue weighted by molar-refractivity contribution is -0.122. The second-order valence-electron chi connectivity index (χ2n) is 7.10. The van der Waals surface area contributed by atoms with Gasteiger partial charge in [-0.3, -0.25) is 4.79 Å². The number of amides is 1. The predicted molar refractivity (Wildman–Crippen MR) is 101 cm³/mol. The van der Waals surface area contributed by atoms with Gasteiger partial charge in [0.2, 0.25) is 5.91 Å². The van der Waals surface area contributed by atoms with Crippen molar-refractivity contribution in [3.63, 3.8) is 0 Å². The molecule has 0 aromatic heterocycles. The fraction of sp³-hybridized carbons (Fsp3) is 0.364. The molecule has 1 aliphatic rings. The molecule has 0 aliphatic heterocycles. The first-order valence-corrected chi connectivity index (χ1v) is 9.40. The molecule has 1 aliphatic carbocycles. The average Bonchev–Trinajstić information content (AvgIpc) is 3.20. The predicted octanol–water partition coefficient (Wildman–Crippen LogP) is 4.50. The molecule has 1 atom stereocenters. The highest BCUT2D eigenvalue weighted by atomic mass is 19.1. The molecule has 0 bridgehead atoms. The molecule has 3 rings (SSSR count). The van der Waals surface area contributed by atoms with E-state index < -0.39 is 5.97 Å². The number of carboxylic acids is 1. The van der Waals surface area contributed by atoms with Crippen LogP contribution in [-0.2, 0) is 11.2 Å². The molecule has 142 valence electrons. The van der Waals surface area contributed by atoms with Crippen LogP contribution in [0.2, 0.25) is 0 Å². The number of carbonyl (C=O) groups excluding carboxylic acids is 1. The van der Waals surface area contributed by atoms with Crippen molar-refractivity contribution in [2.75, 3.05) is 0 Å². The summed E-state index contributed by atoms with van der Waals surface area (Å²) in [5.74, 6) is -1.04. The molecular weight excluding hydrogens is 345 g/mol. The summed E-state index contributed by atoms with van der Waals surface area (Å²) >= 11 is 0. The van der Waals surface area contributed by atoms with Gasteiger partial charge < -0.3 is 10.4 Å². The SMILES string of the molecule is O=C(CCc1ccccc1C(=O)O)NC(c1ccc(F)cc1)C1CCCC1. The molecule has 1 unspecified atom stereocenters. The first kappa shape index (κ1) is 19.1. The molecule has 0 spiro atoms. The van der Waals surface area contributed by atoms with Gasteiger partial charge in [0.15, 0.2) is 0 Å². The zero-order chi connectivity index (χ0) is 19.2. The molecule has 2 aromatic carbocycles. The Morgan fingerprint density at radius 3 is 2.41 bits per heavy atom. The number of carbonyl (C=O) groups is 2. The smallest absolute Gasteiger partial charge is 0.335 e. The Morgan fingerprint density at radius 1 is 1.07 bits per heavy atom. The maximum Gasteiger partial charge on any atom is 0.335 e. The van der Waals surface area contributed by atoms with Crippen molar-refractivity contribution in [1.29, 1.82) is 0 Å². The Kier molecular flexibility index (Phi) is 6.22. The minimum absolute atomic E-state index is 0.114. The van der Waals surface area contributed by atoms with Crippen LogP contribution < -0.4 is 5.32 Å². The lowest BCUT2D eigenvalue weighted by Crippen LogP contribution is -2.33. The van der Waals surface area contributed by atoms with Crippen molar-refractivity contribution in [2.24, 2.45) is 5.92 Å². The molecule has 1 saturated carbocycles. The standard InChI is InChI=1S/C22H24FNO3/c23-18-12-9-17(10-13-18)21(16-6-1-2-7-16)24-20(25)14-11-15-5-3-4-8-19(15)22(26)27/h3-5,8-10,12-13,16,21H,1-2,6-7,11,14H2,(H,24,25)(H,26,27). The van der Waals surface area contributed by atoms with E-state index >= 15 is 0 Å². The highest BCUT2D eigenvalue weighted by molar-refractivity contribution is 5.89. The average molecular weight is 369 g/mol. The topological polar surface area (TPSA) is 66.4 Å². The Bertz CT molecular complexity index is 797. The monoisotopic (exact) mass is 369 g/mol. The van der Waals surface area contributed by atoms with Crippen LogP contribution in [0, 0.1) is 11.7 Å². The first-order chi connectivity index (χ1) is 13.0. The molecule has 4 nitrogen and oxygen atoms in total. The van der Waals surface area contributed by atoms with Crippen LogP contribution in [0.1, 0.15) is 59.6 Å². The Labute approximate surface area is 158 Å². The minimum Gasteiger partial charge on any atom is -0.478 e. The molecule has 1 fully saturated rings. The third kappa shape index (κ3) is 4.94. The van der Waals surface area contributed by atoms with Crippen LogP contribution in [0.25, 0.3) is 0 Å². The largest absolute Gasteiger partial charge is 0.478 e. The van der Waals surface area contributed by atoms with E-state index in [0.29, 0.717) is 17.9 Å². The van der Waals surface area contributed by atoms with Crippen LogP contribution in [0.15, 0.2) is 48.5 Å². The maximum atomic E-state index is 13.3. The maximum absolute atomic E-state index is 13.3. The zero-order valence-electron chi connectivity index (χ0n) is 15.2. The number of benzene rings is 2. The third-order valence-electron chi connectivity index (χ3n) is 5.29. The minimum atomic E-state index is -0.985. The van der Waals surface area contributed by atoms with Gasteiger partial charge in [0.25, 0.3) is 0 Å². The summed E-state index contributed by atoms with van der Waals surface area (Å²) in [4.78, 5) is 23.9. The third-order valence-corrected chi connectivity index (χ3v) is 5.29. The molecule has 0 heterocycles. The second-order valence-corrected chi connectivity index (χ2v) is 7.10. The van der Waals surface area contributed by atoms with Gasteiger partial charge in [0.1, 0.15) is 5.82 Å². The van der Waals surface area contributed by atoms with E-state index in [0.717, 1.165) is 31.2 Å². The number of carboxylic acid groups (broad SMARTS) is 1. The lowest BCUT2D eigenvalue weighted by Gasteiger charge is -2.25. The van der Waals surface area contributed by atoms with E-state index in [4.69, 9.17) is 0 Å². The number of hydrogen-bond acceptors (Lipinski definition) is 2. The number of halogens is 1. The molecule has 1 amide bonds. The van der Waals surface area contributed by atoms with Crippen molar-refractivity contribution in [2.45, 2.75) is 44.6 Å². The van der Waals surface area contributed by atoms with E-state index in [1.54, 1.807) is 36.4 Å². The first-order valence-electron chi connectivity index (χ1n) is 9.40. The fourth-order valence-electron chi connectivity index (χ4n) is 3.87. The lowest BCUT2D eigenvalue weighted by atomic mass is 9.91. The number of hydrogen-bond donors (Lipinski definition) is 2. The van der Waals surface area contributed by atoms with E-state index in [2.05, 4.69) is 5.32 Å². The van der Waals surface area contributed by atoms with Gasteiger partial charge in [-0.2, -0.15) is 0 Å². The van der Waals surface area contributed by atoms with Crippen molar-refractivity contribution in [3.8, 4) is 0 Å². The number of aryl methyl sites for hydroxylation is 1. The number of nitrogens with one attached hydrogen (secondary N) is 1. The van der Waals surface area contributed by atoms with Crippen molar-refractivity contribution in [1.82, 2.24) is 5.32 Å². The van der Waals surface area contributed by atoms with Crippen molar-refractivity contribution < 1.29 is 19.1 Å². The summed E-state index contributed by atoms with van der Waals surface area (Å²) in [6.07, 6.45) is 4.96. The highest BCUT2D eigenvalue weighted by Gasteiger charge is 2.27. The fourth-order valence-corrected chi connectivity index (χ4v) is 3.87. The van der Waals surface area contributed by atoms with Crippen molar-refractivity contribution in [3.05, 3.63) is 71.0 Å². The van der Waals surface area contributed by atoms with E-state index in [1.807, 2.05) is 0 Å². The Hall–Kier alpha value is -2.69. The highest BCUT2D eigenvalue weighted by Crippen LogP contribution is 2.35. The summed E-state index contributed by atoms with van der Waals surface area (Å²) in [5, 5.41) is 12.4. The molecule has 0 radical (unpaired) electrons. The van der Waals surface area contributed by atoms with E-state index in [9.17, 15) is 19.1 Å². The molecule has 5 heteroatoms. The Morgan fingerprint density at radius 2 is 1.74 bits per heavy atom. The molecule has 2 aromatic rings. The molecular formula is C22H24FNO3. The van der Waals surface area contributed by atoms with Crippen molar-refractivity contribution >= 4 is 11.9 Å². The van der Waals surface area contributed by atoms with Gasteiger partial charge in [-0.25, -0.2) is 9.18 Å². The normalized spacial score (nSPS) is 15.4. The van der Waals surface area contributed by atoms with E-state index in [1.165, 1.54) is 12.1 Å². The summed E-state index contributed by atoms with van der Waals surface area (Å²) < 4.78 is 13.3. The number of aromatic carboxylic acids is 1. The summed E-state index contributed by atoms with van der Waals surface area (Å²) in [6.45, 7) is 0. The summed E-state index contributed by atoms with van der Waals surface area (Å²) in [7, 11) is 0. The Balaban J connectivity index is 1.68. The van der Waals surface area contributed by atoms with Gasteiger partial charge in [-0.05, 0) is 54.5 Å². The van der Waals surface area contributed by atoms with Crippen LogP contribution >= 0.6 is 0 Å². The molecule has 2 N–H and O–H groups in total.